The number of hydrogen-bond acceptors (Lipinski definition) is 1. The maximum atomic E-state index is 12.0. The van der Waals surface area contributed by atoms with Gasteiger partial charge in [-0.15, -0.1) is 0 Å². The van der Waals surface area contributed by atoms with E-state index in [9.17, 15) is 4.79 Å². The third-order valence-electron chi connectivity index (χ3n) is 4.67. The topological polar surface area (TPSA) is 41.1 Å². The number of halogens is 1. The molecular weight excluding hydrogens is 320 g/mol. The fraction of sp³-hybridized carbons (Fsp3) is 0.350. The summed E-state index contributed by atoms with van der Waals surface area (Å²) in [6, 6.07) is 18.2. The lowest BCUT2D eigenvalue weighted by molar-refractivity contribution is 0.239. The predicted octanol–water partition coefficient (Wildman–Crippen LogP) is 4.30. The van der Waals surface area contributed by atoms with Gasteiger partial charge in [0.1, 0.15) is 0 Å². The van der Waals surface area contributed by atoms with E-state index in [1.165, 1.54) is 11.1 Å². The number of nitrogens with one attached hydrogen (secondary N) is 2. The largest absolute Gasteiger partial charge is 0.338 e. The molecular formula is C20H23ClN2O. The maximum Gasteiger partial charge on any atom is 0.314 e. The van der Waals surface area contributed by atoms with Crippen molar-refractivity contribution in [2.24, 2.45) is 0 Å². The fourth-order valence-corrected chi connectivity index (χ4v) is 3.10. The maximum absolute atomic E-state index is 12.0. The molecule has 2 amide bonds. The Labute approximate surface area is 148 Å². The molecule has 126 valence electrons. The molecule has 1 saturated carbocycles. The van der Waals surface area contributed by atoms with Crippen LogP contribution in [0.5, 0.6) is 0 Å². The van der Waals surface area contributed by atoms with Crippen LogP contribution in [0, 0.1) is 0 Å². The summed E-state index contributed by atoms with van der Waals surface area (Å²) in [5, 5.41) is 6.71. The summed E-state index contributed by atoms with van der Waals surface area (Å²) in [6.07, 6.45) is 4.15. The Bertz CT molecular complexity index is 666. The van der Waals surface area contributed by atoms with Crippen LogP contribution in [0.25, 0.3) is 0 Å². The van der Waals surface area contributed by atoms with Crippen LogP contribution in [0.15, 0.2) is 54.6 Å². The second kappa shape index (κ2) is 7.71. The third kappa shape index (κ3) is 4.51. The summed E-state index contributed by atoms with van der Waals surface area (Å²) in [5.41, 5.74) is 2.67. The first kappa shape index (κ1) is 16.8. The van der Waals surface area contributed by atoms with Crippen molar-refractivity contribution in [2.75, 3.05) is 13.1 Å². The van der Waals surface area contributed by atoms with Crippen molar-refractivity contribution in [1.29, 1.82) is 0 Å². The second-order valence-electron chi connectivity index (χ2n) is 6.49. The molecule has 0 saturated heterocycles. The van der Waals surface area contributed by atoms with Gasteiger partial charge in [-0.25, -0.2) is 4.79 Å². The van der Waals surface area contributed by atoms with E-state index in [4.69, 9.17) is 11.6 Å². The van der Waals surface area contributed by atoms with E-state index in [1.54, 1.807) is 0 Å². The van der Waals surface area contributed by atoms with Crippen molar-refractivity contribution >= 4 is 17.6 Å². The molecule has 0 atom stereocenters. The minimum Gasteiger partial charge on any atom is -0.338 e. The first-order valence-electron chi connectivity index (χ1n) is 8.50. The molecule has 2 N–H and O–H groups in total. The van der Waals surface area contributed by atoms with Gasteiger partial charge in [0, 0.05) is 23.5 Å². The summed E-state index contributed by atoms with van der Waals surface area (Å²) < 4.78 is 0. The normalized spacial score (nSPS) is 14.9. The zero-order valence-electron chi connectivity index (χ0n) is 13.7. The standard InChI is InChI=1S/C20H23ClN2O/c21-18-10-8-17(9-11-18)20(12-13-20)15-23-19(24)22-14-4-7-16-5-2-1-3-6-16/h1-3,5-6,8-11H,4,7,12-15H2,(H2,22,23,24). The lowest BCUT2D eigenvalue weighted by Gasteiger charge is -2.17. The quantitative estimate of drug-likeness (QED) is 0.723. The molecule has 2 aromatic rings. The molecule has 3 nitrogen and oxygen atoms in total. The molecule has 2 aromatic carbocycles. The Hall–Kier alpha value is -2.00. The number of carbonyl (C=O) groups is 1. The van der Waals surface area contributed by atoms with Gasteiger partial charge in [-0.05, 0) is 48.9 Å². The summed E-state index contributed by atoms with van der Waals surface area (Å²) in [4.78, 5) is 12.0. The van der Waals surface area contributed by atoms with E-state index in [0.29, 0.717) is 13.1 Å². The number of hydrogen-bond donors (Lipinski definition) is 2. The molecule has 0 heterocycles. The minimum absolute atomic E-state index is 0.0803. The van der Waals surface area contributed by atoms with Gasteiger partial charge in [0.15, 0.2) is 0 Å². The second-order valence-corrected chi connectivity index (χ2v) is 6.92. The van der Waals surface area contributed by atoms with Gasteiger partial charge in [-0.1, -0.05) is 54.1 Å². The third-order valence-corrected chi connectivity index (χ3v) is 4.92. The number of carbonyl (C=O) groups excluding carboxylic acids is 1. The highest BCUT2D eigenvalue weighted by Crippen LogP contribution is 2.47. The average Bonchev–Trinajstić information content (AvgIpc) is 3.40. The molecule has 1 aliphatic rings. The molecule has 0 aromatic heterocycles. The Morgan fingerprint density at radius 3 is 2.38 bits per heavy atom. The van der Waals surface area contributed by atoms with Crippen molar-refractivity contribution < 1.29 is 4.79 Å². The van der Waals surface area contributed by atoms with Crippen molar-refractivity contribution in [3.63, 3.8) is 0 Å². The van der Waals surface area contributed by atoms with E-state index in [2.05, 4.69) is 34.9 Å². The van der Waals surface area contributed by atoms with Gasteiger partial charge < -0.3 is 10.6 Å². The van der Waals surface area contributed by atoms with Gasteiger partial charge in [-0.2, -0.15) is 0 Å². The lowest BCUT2D eigenvalue weighted by Crippen LogP contribution is -2.40. The van der Waals surface area contributed by atoms with Gasteiger partial charge >= 0.3 is 6.03 Å². The van der Waals surface area contributed by atoms with E-state index < -0.39 is 0 Å². The number of rotatable bonds is 7. The van der Waals surface area contributed by atoms with Crippen molar-refractivity contribution in [3.05, 3.63) is 70.7 Å². The van der Waals surface area contributed by atoms with Gasteiger partial charge in [0.2, 0.25) is 0 Å². The highest BCUT2D eigenvalue weighted by Gasteiger charge is 2.44. The SMILES string of the molecule is O=C(NCCCc1ccccc1)NCC1(c2ccc(Cl)cc2)CC1. The number of urea groups is 1. The van der Waals surface area contributed by atoms with E-state index >= 15 is 0 Å². The minimum atomic E-state index is -0.0803. The first-order chi connectivity index (χ1) is 11.7. The zero-order chi connectivity index (χ0) is 16.8. The van der Waals surface area contributed by atoms with Crippen molar-refractivity contribution in [1.82, 2.24) is 10.6 Å². The van der Waals surface area contributed by atoms with Crippen LogP contribution in [0.1, 0.15) is 30.4 Å². The molecule has 0 unspecified atom stereocenters. The molecule has 0 bridgehead atoms. The summed E-state index contributed by atoms with van der Waals surface area (Å²) in [5.74, 6) is 0. The Morgan fingerprint density at radius 2 is 1.71 bits per heavy atom. The molecule has 0 radical (unpaired) electrons. The van der Waals surface area contributed by atoms with Crippen molar-refractivity contribution in [2.45, 2.75) is 31.1 Å². The van der Waals surface area contributed by atoms with Gasteiger partial charge in [0.25, 0.3) is 0 Å². The van der Waals surface area contributed by atoms with Crippen LogP contribution in [0.2, 0.25) is 5.02 Å². The molecule has 4 heteroatoms. The zero-order valence-corrected chi connectivity index (χ0v) is 14.5. The van der Waals surface area contributed by atoms with Gasteiger partial charge in [0.05, 0.1) is 0 Å². The summed E-state index contributed by atoms with van der Waals surface area (Å²) >= 11 is 5.95. The van der Waals surface area contributed by atoms with Crippen LogP contribution < -0.4 is 10.6 Å². The van der Waals surface area contributed by atoms with Crippen LogP contribution in [0.3, 0.4) is 0 Å². The first-order valence-corrected chi connectivity index (χ1v) is 8.87. The van der Waals surface area contributed by atoms with Crippen LogP contribution in [0.4, 0.5) is 4.79 Å². The van der Waals surface area contributed by atoms with E-state index in [1.807, 2.05) is 30.3 Å². The van der Waals surface area contributed by atoms with Crippen molar-refractivity contribution in [3.8, 4) is 0 Å². The number of benzene rings is 2. The highest BCUT2D eigenvalue weighted by molar-refractivity contribution is 6.30. The van der Waals surface area contributed by atoms with E-state index in [-0.39, 0.29) is 11.4 Å². The molecule has 1 aliphatic carbocycles. The van der Waals surface area contributed by atoms with Crippen LogP contribution >= 0.6 is 11.6 Å². The Kier molecular flexibility index (Phi) is 5.41. The fourth-order valence-electron chi connectivity index (χ4n) is 2.97. The van der Waals surface area contributed by atoms with Crippen LogP contribution in [-0.4, -0.2) is 19.1 Å². The van der Waals surface area contributed by atoms with E-state index in [0.717, 1.165) is 30.7 Å². The van der Waals surface area contributed by atoms with Gasteiger partial charge in [-0.3, -0.25) is 0 Å². The average molecular weight is 343 g/mol. The molecule has 3 rings (SSSR count). The summed E-state index contributed by atoms with van der Waals surface area (Å²) in [6.45, 7) is 1.37. The molecule has 0 spiro atoms. The molecule has 0 aliphatic heterocycles. The Morgan fingerprint density at radius 1 is 1.00 bits per heavy atom. The molecule has 24 heavy (non-hydrogen) atoms. The smallest absolute Gasteiger partial charge is 0.314 e. The summed E-state index contributed by atoms with van der Waals surface area (Å²) in [7, 11) is 0. The predicted molar refractivity (Wildman–Crippen MR) is 98.5 cm³/mol. The lowest BCUT2D eigenvalue weighted by atomic mass is 9.96. The number of aryl methyl sites for hydroxylation is 1. The Balaban J connectivity index is 1.37. The highest BCUT2D eigenvalue weighted by atomic mass is 35.5. The van der Waals surface area contributed by atoms with Crippen LogP contribution in [-0.2, 0) is 11.8 Å². The number of amides is 2. The monoisotopic (exact) mass is 342 g/mol. The molecule has 1 fully saturated rings.